The molecular formula is C23H26F3N7O4S. The molecule has 1 unspecified atom stereocenters. The topological polar surface area (TPSA) is 133 Å². The first-order chi connectivity index (χ1) is 18.2. The molecule has 0 radical (unpaired) electrons. The SMILES string of the molecule is O=C(Cc1cccc(OC(F)(F)F)c1)Nc1nnc(CCCCn2cc(C(=O)NCC3CCOC3)nn2)s1. The summed E-state index contributed by atoms with van der Waals surface area (Å²) in [7, 11) is 0. The highest BCUT2D eigenvalue weighted by Gasteiger charge is 2.31. The third-order valence-electron chi connectivity index (χ3n) is 5.58. The van der Waals surface area contributed by atoms with Gasteiger partial charge in [-0.15, -0.1) is 28.5 Å². The number of hydrogen-bond donors (Lipinski definition) is 2. The molecule has 3 heterocycles. The normalized spacial score (nSPS) is 15.4. The molecule has 204 valence electrons. The molecule has 3 aromatic rings. The fraction of sp³-hybridized carbons (Fsp3) is 0.478. The first-order valence-corrected chi connectivity index (χ1v) is 12.8. The van der Waals surface area contributed by atoms with Crippen LogP contribution in [-0.2, 0) is 28.9 Å². The molecule has 0 spiro atoms. The first kappa shape index (κ1) is 27.4. The van der Waals surface area contributed by atoms with E-state index in [0.29, 0.717) is 42.7 Å². The van der Waals surface area contributed by atoms with Crippen LogP contribution < -0.4 is 15.4 Å². The number of nitrogens with one attached hydrogen (secondary N) is 2. The van der Waals surface area contributed by atoms with Crippen molar-refractivity contribution < 1.29 is 32.2 Å². The third kappa shape index (κ3) is 8.76. The summed E-state index contributed by atoms with van der Waals surface area (Å²) in [4.78, 5) is 24.5. The molecule has 1 fully saturated rings. The highest BCUT2D eigenvalue weighted by Crippen LogP contribution is 2.24. The van der Waals surface area contributed by atoms with Gasteiger partial charge in [-0.05, 0) is 37.0 Å². The van der Waals surface area contributed by atoms with E-state index >= 15 is 0 Å². The quantitative estimate of drug-likeness (QED) is 0.327. The maximum atomic E-state index is 12.4. The van der Waals surface area contributed by atoms with Crippen LogP contribution in [0.5, 0.6) is 5.75 Å². The van der Waals surface area contributed by atoms with Crippen LogP contribution >= 0.6 is 11.3 Å². The minimum atomic E-state index is -4.80. The van der Waals surface area contributed by atoms with Crippen LogP contribution in [0.2, 0.25) is 0 Å². The standard InChI is InChI=1S/C23H26F3N7O4S/c24-23(25,26)37-17-5-3-4-15(10-17)11-19(34)28-22-31-30-20(38-22)6-1-2-8-33-13-18(29-32-33)21(35)27-12-16-7-9-36-14-16/h3-5,10,13,16H,1-2,6-9,11-12,14H2,(H,27,35)(H,28,31,34). The zero-order valence-electron chi connectivity index (χ0n) is 20.2. The van der Waals surface area contributed by atoms with E-state index in [1.807, 2.05) is 0 Å². The second-order valence-electron chi connectivity index (χ2n) is 8.68. The van der Waals surface area contributed by atoms with Crippen LogP contribution in [0.1, 0.15) is 40.3 Å². The number of unbranched alkanes of at least 4 members (excludes halogenated alkanes) is 1. The van der Waals surface area contributed by atoms with Crippen LogP contribution in [0.3, 0.4) is 0 Å². The number of nitrogens with zero attached hydrogens (tertiary/aromatic N) is 5. The molecule has 0 aliphatic carbocycles. The van der Waals surface area contributed by atoms with Gasteiger partial charge in [0.05, 0.1) is 19.2 Å². The number of ether oxygens (including phenoxy) is 2. The van der Waals surface area contributed by atoms with Crippen molar-refractivity contribution in [3.63, 3.8) is 0 Å². The van der Waals surface area contributed by atoms with Gasteiger partial charge in [0.25, 0.3) is 5.91 Å². The highest BCUT2D eigenvalue weighted by molar-refractivity contribution is 7.15. The fourth-order valence-corrected chi connectivity index (χ4v) is 4.54. The highest BCUT2D eigenvalue weighted by atomic mass is 32.1. The van der Waals surface area contributed by atoms with E-state index in [-0.39, 0.29) is 23.8 Å². The molecule has 1 saturated heterocycles. The average Bonchev–Trinajstić information content (AvgIpc) is 3.62. The van der Waals surface area contributed by atoms with Gasteiger partial charge in [-0.3, -0.25) is 14.3 Å². The summed E-state index contributed by atoms with van der Waals surface area (Å²) in [6.45, 7) is 2.52. The third-order valence-corrected chi connectivity index (χ3v) is 6.48. The predicted molar refractivity (Wildman–Crippen MR) is 130 cm³/mol. The molecule has 1 aromatic carbocycles. The Morgan fingerprint density at radius 3 is 2.87 bits per heavy atom. The number of anilines is 1. The van der Waals surface area contributed by atoms with Crippen LogP contribution in [0.15, 0.2) is 30.5 Å². The Balaban J connectivity index is 1.15. The molecule has 1 aliphatic rings. The summed E-state index contributed by atoms with van der Waals surface area (Å²) in [6, 6.07) is 5.24. The molecule has 38 heavy (non-hydrogen) atoms. The van der Waals surface area contributed by atoms with Crippen molar-refractivity contribution in [2.45, 2.75) is 45.0 Å². The second kappa shape index (κ2) is 12.8. The van der Waals surface area contributed by atoms with Crippen molar-refractivity contribution in [2.75, 3.05) is 25.1 Å². The fourth-order valence-electron chi connectivity index (χ4n) is 3.74. The van der Waals surface area contributed by atoms with Gasteiger partial charge in [-0.25, -0.2) is 0 Å². The zero-order valence-corrected chi connectivity index (χ0v) is 21.1. The van der Waals surface area contributed by atoms with Gasteiger partial charge < -0.3 is 20.1 Å². The number of benzene rings is 1. The minimum absolute atomic E-state index is 0.142. The Bertz CT molecular complexity index is 1230. The summed E-state index contributed by atoms with van der Waals surface area (Å²) in [5.74, 6) is -0.739. The zero-order chi connectivity index (χ0) is 27.0. The number of halogens is 3. The summed E-state index contributed by atoms with van der Waals surface area (Å²) in [5, 5.41) is 22.5. The lowest BCUT2D eigenvalue weighted by atomic mass is 10.1. The van der Waals surface area contributed by atoms with E-state index in [0.717, 1.165) is 36.9 Å². The average molecular weight is 554 g/mol. The van der Waals surface area contributed by atoms with E-state index in [2.05, 4.69) is 35.9 Å². The largest absolute Gasteiger partial charge is 0.573 e. The molecule has 2 aromatic heterocycles. The number of aryl methyl sites for hydroxylation is 2. The van der Waals surface area contributed by atoms with E-state index in [4.69, 9.17) is 4.74 Å². The van der Waals surface area contributed by atoms with Gasteiger partial charge in [-0.1, -0.05) is 28.7 Å². The number of aromatic nitrogens is 5. The number of amides is 2. The lowest BCUT2D eigenvalue weighted by molar-refractivity contribution is -0.274. The van der Waals surface area contributed by atoms with Crippen molar-refractivity contribution in [1.82, 2.24) is 30.5 Å². The number of rotatable bonds is 12. The molecule has 2 amide bonds. The molecular weight excluding hydrogens is 527 g/mol. The minimum Gasteiger partial charge on any atom is -0.406 e. The van der Waals surface area contributed by atoms with Gasteiger partial charge in [0, 0.05) is 32.0 Å². The van der Waals surface area contributed by atoms with Crippen molar-refractivity contribution in [3.8, 4) is 5.75 Å². The van der Waals surface area contributed by atoms with E-state index in [1.165, 1.54) is 29.5 Å². The number of hydrogen-bond acceptors (Lipinski definition) is 9. The Labute approximate surface area is 219 Å². The maximum Gasteiger partial charge on any atom is 0.573 e. The second-order valence-corrected chi connectivity index (χ2v) is 9.75. The molecule has 0 saturated carbocycles. The van der Waals surface area contributed by atoms with Gasteiger partial charge in [0.1, 0.15) is 10.8 Å². The van der Waals surface area contributed by atoms with Crippen molar-refractivity contribution in [3.05, 3.63) is 46.7 Å². The van der Waals surface area contributed by atoms with Gasteiger partial charge in [0.15, 0.2) is 5.69 Å². The molecule has 1 aliphatic heterocycles. The van der Waals surface area contributed by atoms with E-state index in [1.54, 1.807) is 10.9 Å². The Morgan fingerprint density at radius 1 is 1.21 bits per heavy atom. The summed E-state index contributed by atoms with van der Waals surface area (Å²) >= 11 is 1.23. The summed E-state index contributed by atoms with van der Waals surface area (Å²) < 4.78 is 47.9. The molecule has 0 bridgehead atoms. The van der Waals surface area contributed by atoms with Crippen LogP contribution in [0, 0.1) is 5.92 Å². The molecule has 4 rings (SSSR count). The maximum absolute atomic E-state index is 12.4. The van der Waals surface area contributed by atoms with Crippen molar-refractivity contribution >= 4 is 28.3 Å². The van der Waals surface area contributed by atoms with Gasteiger partial charge in [0.2, 0.25) is 11.0 Å². The van der Waals surface area contributed by atoms with Crippen molar-refractivity contribution in [2.24, 2.45) is 5.92 Å². The van der Waals surface area contributed by atoms with Crippen LogP contribution in [0.25, 0.3) is 0 Å². The first-order valence-electron chi connectivity index (χ1n) is 12.0. The monoisotopic (exact) mass is 553 g/mol. The Kier molecular flexibility index (Phi) is 9.23. The molecule has 11 nitrogen and oxygen atoms in total. The smallest absolute Gasteiger partial charge is 0.406 e. The number of alkyl halides is 3. The van der Waals surface area contributed by atoms with Crippen LogP contribution in [0.4, 0.5) is 18.3 Å². The summed E-state index contributed by atoms with van der Waals surface area (Å²) in [6.07, 6.45) is -0.215. The Hall–Kier alpha value is -3.59. The number of carbonyl (C=O) groups excluding carboxylic acids is 2. The van der Waals surface area contributed by atoms with Gasteiger partial charge in [-0.2, -0.15) is 0 Å². The van der Waals surface area contributed by atoms with Crippen LogP contribution in [-0.4, -0.2) is 63.1 Å². The molecule has 1 atom stereocenters. The van der Waals surface area contributed by atoms with E-state index < -0.39 is 12.3 Å². The lowest BCUT2D eigenvalue weighted by Crippen LogP contribution is -2.29. The molecule has 15 heteroatoms. The predicted octanol–water partition coefficient (Wildman–Crippen LogP) is 3.00. The molecule has 2 N–H and O–H groups in total. The van der Waals surface area contributed by atoms with Crippen molar-refractivity contribution in [1.29, 1.82) is 0 Å². The van der Waals surface area contributed by atoms with Gasteiger partial charge >= 0.3 is 6.36 Å². The Morgan fingerprint density at radius 2 is 2.08 bits per heavy atom. The summed E-state index contributed by atoms with van der Waals surface area (Å²) in [5.41, 5.74) is 0.638. The lowest BCUT2D eigenvalue weighted by Gasteiger charge is -2.09. The van der Waals surface area contributed by atoms with E-state index in [9.17, 15) is 22.8 Å². The number of carbonyl (C=O) groups is 2.